The number of benzene rings is 3. The largest absolute Gasteiger partial charge is 0.507 e. The molecule has 3 aromatic carbocycles. The van der Waals surface area contributed by atoms with Crippen molar-refractivity contribution >= 4 is 63.3 Å². The number of imide groups is 2. The monoisotopic (exact) mass is 732 g/mol. The fourth-order valence-corrected chi connectivity index (χ4v) is 10.1. The van der Waals surface area contributed by atoms with Gasteiger partial charge in [-0.05, 0) is 37.0 Å². The van der Waals surface area contributed by atoms with Crippen molar-refractivity contribution in [3.05, 3.63) is 82.7 Å². The number of amides is 4. The van der Waals surface area contributed by atoms with Crippen molar-refractivity contribution in [2.45, 2.75) is 66.7 Å². The van der Waals surface area contributed by atoms with Gasteiger partial charge in [0, 0.05) is 22.9 Å². The number of anilines is 1. The second kappa shape index (κ2) is 11.2. The summed E-state index contributed by atoms with van der Waals surface area (Å²) in [6.07, 6.45) is 4.96. The van der Waals surface area contributed by atoms with Crippen molar-refractivity contribution in [3.63, 3.8) is 0 Å². The summed E-state index contributed by atoms with van der Waals surface area (Å²) in [5, 5.41) is 12.6. The highest BCUT2D eigenvalue weighted by molar-refractivity contribution is 6.58. The van der Waals surface area contributed by atoms with Crippen molar-refractivity contribution < 1.29 is 46.2 Å². The minimum absolute atomic E-state index is 0.0283. The zero-order valence-corrected chi connectivity index (χ0v) is 27.5. The normalized spacial score (nSPS) is 31.3. The average molecular weight is 734 g/mol. The number of likely N-dealkylation sites (tertiary alicyclic amines) is 1. The second-order valence-electron chi connectivity index (χ2n) is 13.8. The Morgan fingerprint density at radius 2 is 1.40 bits per heavy atom. The fourth-order valence-electron chi connectivity index (χ4n) is 9.14. The number of allylic oxidation sites excluding steroid dienone is 2. The van der Waals surface area contributed by atoms with E-state index in [1.165, 1.54) is 11.0 Å². The molecule has 5 aliphatic rings. The van der Waals surface area contributed by atoms with Crippen LogP contribution in [-0.4, -0.2) is 49.4 Å². The number of nitrogens with zero attached hydrogens (tertiary/aromatic N) is 2. The molecule has 0 bridgehead atoms. The number of alkyl halides is 2. The molecule has 1 N–H and O–H groups in total. The standard InChI is InChI=1S/C36H27Cl2F5N2O5/c37-35-14-21-18(12-13-19-22(21)32(48)44(31(19)47)16-7-2-1-3-8-16)23(20-11-10-15-6-4-5-9-17(15)30(20)46)36(35,38)34(50)45(33(35)49)29-27(42)25(40)24(39)26(41)28(29)43/h4-6,9-12,16,19,21-23,46H,1-3,7-8,13-14H2/t19-,21+,22-,23+,35+,36-/m0/s1. The van der Waals surface area contributed by atoms with Crippen molar-refractivity contribution in [1.29, 1.82) is 0 Å². The molecular formula is C36H27Cl2F5N2O5. The lowest BCUT2D eigenvalue weighted by Gasteiger charge is -2.50. The van der Waals surface area contributed by atoms with Gasteiger partial charge in [0.1, 0.15) is 11.4 Å². The first-order valence-corrected chi connectivity index (χ1v) is 17.1. The van der Waals surface area contributed by atoms with Crippen molar-refractivity contribution in [3.8, 4) is 5.75 Å². The lowest BCUT2D eigenvalue weighted by atomic mass is 9.56. The molecule has 0 radical (unpaired) electrons. The van der Waals surface area contributed by atoms with Gasteiger partial charge >= 0.3 is 0 Å². The molecule has 14 heteroatoms. The molecule has 8 rings (SSSR count). The summed E-state index contributed by atoms with van der Waals surface area (Å²) in [6.45, 7) is 0. The first-order valence-electron chi connectivity index (χ1n) is 16.3. The number of fused-ring (bicyclic) bond motifs is 5. The topological polar surface area (TPSA) is 95.0 Å². The van der Waals surface area contributed by atoms with Crippen LogP contribution in [0.1, 0.15) is 56.4 Å². The number of aromatic hydroxyl groups is 1. The first-order chi connectivity index (χ1) is 23.8. The summed E-state index contributed by atoms with van der Waals surface area (Å²) >= 11 is 14.4. The van der Waals surface area contributed by atoms with E-state index in [9.17, 15) is 37.5 Å². The number of phenolic OH excluding ortho intramolecular Hbond substituents is 1. The second-order valence-corrected chi connectivity index (χ2v) is 15.0. The number of rotatable bonds is 3. The van der Waals surface area contributed by atoms with Gasteiger partial charge in [0.05, 0.1) is 11.8 Å². The Kier molecular flexibility index (Phi) is 7.44. The van der Waals surface area contributed by atoms with Gasteiger partial charge in [0.15, 0.2) is 33.0 Å². The molecule has 7 nitrogen and oxygen atoms in total. The third-order valence-corrected chi connectivity index (χ3v) is 12.9. The summed E-state index contributed by atoms with van der Waals surface area (Å²) in [7, 11) is 0. The van der Waals surface area contributed by atoms with Gasteiger partial charge in [0.25, 0.3) is 11.8 Å². The zero-order valence-electron chi connectivity index (χ0n) is 26.0. The fraction of sp³-hybridized carbons (Fsp3) is 0.389. The van der Waals surface area contributed by atoms with E-state index in [1.54, 1.807) is 36.4 Å². The predicted molar refractivity (Wildman–Crippen MR) is 171 cm³/mol. The van der Waals surface area contributed by atoms with E-state index in [1.807, 2.05) is 0 Å². The molecule has 50 heavy (non-hydrogen) atoms. The van der Waals surface area contributed by atoms with Gasteiger partial charge in [-0.3, -0.25) is 24.1 Å². The maximum Gasteiger partial charge on any atom is 0.258 e. The number of hydrogen-bond acceptors (Lipinski definition) is 5. The van der Waals surface area contributed by atoms with Crippen LogP contribution in [0.25, 0.3) is 10.8 Å². The van der Waals surface area contributed by atoms with E-state index >= 15 is 8.78 Å². The zero-order chi connectivity index (χ0) is 35.6. The first kappa shape index (κ1) is 33.1. The highest BCUT2D eigenvalue weighted by atomic mass is 35.5. The van der Waals surface area contributed by atoms with Gasteiger partial charge in [-0.25, -0.2) is 26.9 Å². The average Bonchev–Trinajstić information content (AvgIpc) is 3.45. The van der Waals surface area contributed by atoms with Gasteiger partial charge in [-0.2, -0.15) is 0 Å². The van der Waals surface area contributed by atoms with Crippen LogP contribution in [0.2, 0.25) is 0 Å². The van der Waals surface area contributed by atoms with E-state index in [-0.39, 0.29) is 40.2 Å². The summed E-state index contributed by atoms with van der Waals surface area (Å²) in [4.78, 5) is 52.7. The van der Waals surface area contributed by atoms with Crippen molar-refractivity contribution in [2.24, 2.45) is 17.8 Å². The quantitative estimate of drug-likeness (QED) is 0.0772. The van der Waals surface area contributed by atoms with Gasteiger partial charge in [0.2, 0.25) is 17.6 Å². The molecule has 4 fully saturated rings. The SMILES string of the molecule is O=C1[C@H]2[C@H](CC=C3[C@H]2C[C@@]2(Cl)C(=O)N(c4c(F)c(F)c(F)c(F)c4F)C(=O)[C@@]2(Cl)[C@H]3c2ccc3ccccc3c2O)C(=O)N1C1CCCCC1. The molecular weight excluding hydrogens is 706 g/mol. The highest BCUT2D eigenvalue weighted by Crippen LogP contribution is 2.67. The molecule has 2 aliphatic heterocycles. The van der Waals surface area contributed by atoms with Crippen molar-refractivity contribution in [2.75, 3.05) is 4.90 Å². The molecule has 2 heterocycles. The molecule has 0 aromatic heterocycles. The van der Waals surface area contributed by atoms with Gasteiger partial charge in [-0.1, -0.05) is 67.3 Å². The predicted octanol–water partition coefficient (Wildman–Crippen LogP) is 7.14. The lowest BCUT2D eigenvalue weighted by Crippen LogP contribution is -2.60. The molecule has 3 aliphatic carbocycles. The number of phenols is 1. The molecule has 6 atom stereocenters. The number of halogens is 7. The van der Waals surface area contributed by atoms with Crippen LogP contribution >= 0.6 is 23.2 Å². The Bertz CT molecular complexity index is 2080. The molecule has 260 valence electrons. The summed E-state index contributed by atoms with van der Waals surface area (Å²) < 4.78 is 73.6. The Hall–Kier alpha value is -4.03. The van der Waals surface area contributed by atoms with Crippen LogP contribution in [0, 0.1) is 46.8 Å². The summed E-state index contributed by atoms with van der Waals surface area (Å²) in [5.74, 6) is -21.1. The van der Waals surface area contributed by atoms with Gasteiger partial charge in [-0.15, -0.1) is 23.2 Å². The number of hydrogen-bond donors (Lipinski definition) is 1. The Labute approximate surface area is 291 Å². The van der Waals surface area contributed by atoms with E-state index in [4.69, 9.17) is 23.2 Å². The molecule has 0 spiro atoms. The maximum absolute atomic E-state index is 15.3. The molecule has 3 aromatic rings. The highest BCUT2D eigenvalue weighted by Gasteiger charge is 2.77. The smallest absolute Gasteiger partial charge is 0.258 e. The Morgan fingerprint density at radius 1 is 0.760 bits per heavy atom. The van der Waals surface area contributed by atoms with E-state index < -0.39 is 92.3 Å². The Balaban J connectivity index is 1.34. The van der Waals surface area contributed by atoms with Crippen LogP contribution in [0.5, 0.6) is 5.75 Å². The molecule has 2 saturated heterocycles. The maximum atomic E-state index is 15.3. The van der Waals surface area contributed by atoms with Crippen LogP contribution < -0.4 is 4.90 Å². The van der Waals surface area contributed by atoms with E-state index in [0.29, 0.717) is 23.6 Å². The minimum Gasteiger partial charge on any atom is -0.507 e. The molecule has 0 unspecified atom stereocenters. The Morgan fingerprint density at radius 3 is 2.08 bits per heavy atom. The summed E-state index contributed by atoms with van der Waals surface area (Å²) in [6, 6.07) is 9.36. The minimum atomic E-state index is -2.71. The third-order valence-electron chi connectivity index (χ3n) is 11.4. The van der Waals surface area contributed by atoms with Crippen LogP contribution in [0.4, 0.5) is 27.6 Å². The van der Waals surface area contributed by atoms with Gasteiger partial charge < -0.3 is 5.11 Å². The van der Waals surface area contributed by atoms with Crippen molar-refractivity contribution in [1.82, 2.24) is 4.90 Å². The summed E-state index contributed by atoms with van der Waals surface area (Å²) in [5.41, 5.74) is -1.59. The van der Waals surface area contributed by atoms with E-state index in [0.717, 1.165) is 19.3 Å². The lowest BCUT2D eigenvalue weighted by molar-refractivity contribution is -0.143. The third kappa shape index (κ3) is 4.09. The number of carbonyl (C=O) groups is 4. The number of carbonyl (C=O) groups excluding carboxylic acids is 4. The van der Waals surface area contributed by atoms with E-state index in [2.05, 4.69) is 0 Å². The molecule has 2 saturated carbocycles. The van der Waals surface area contributed by atoms with Crippen LogP contribution in [-0.2, 0) is 19.2 Å². The van der Waals surface area contributed by atoms with Crippen LogP contribution in [0.3, 0.4) is 0 Å². The van der Waals surface area contributed by atoms with Crippen LogP contribution in [0.15, 0.2) is 48.0 Å². The molecule has 4 amide bonds.